The Hall–Kier alpha value is -1.34. The number of carbonyl (C=O) groups is 1. The van der Waals surface area contributed by atoms with Crippen molar-refractivity contribution in [2.75, 3.05) is 5.32 Å². The fourth-order valence-corrected chi connectivity index (χ4v) is 2.77. The number of hydrogen-bond acceptors (Lipinski definition) is 2. The van der Waals surface area contributed by atoms with Crippen LogP contribution in [0.1, 0.15) is 38.5 Å². The van der Waals surface area contributed by atoms with E-state index in [-0.39, 0.29) is 5.91 Å². The molecule has 0 spiro atoms. The third-order valence-electron chi connectivity index (χ3n) is 3.71. The number of hydrogen-bond donors (Lipinski definition) is 1. The molecule has 1 saturated carbocycles. The van der Waals surface area contributed by atoms with Gasteiger partial charge in [0.15, 0.2) is 0 Å². The minimum atomic E-state index is -0.844. The Labute approximate surface area is 122 Å². The first-order valence-electron chi connectivity index (χ1n) is 6.65. The lowest BCUT2D eigenvalue weighted by Gasteiger charge is -2.23. The number of nitriles is 1. The van der Waals surface area contributed by atoms with Gasteiger partial charge in [-0.2, -0.15) is 5.26 Å². The lowest BCUT2D eigenvalue weighted by molar-refractivity contribution is -0.123. The van der Waals surface area contributed by atoms with Gasteiger partial charge in [-0.3, -0.25) is 4.79 Å². The summed E-state index contributed by atoms with van der Waals surface area (Å²) in [6.45, 7) is 0. The van der Waals surface area contributed by atoms with Crippen LogP contribution in [0.25, 0.3) is 0 Å². The summed E-state index contributed by atoms with van der Waals surface area (Å²) >= 11 is 3.36. The van der Waals surface area contributed by atoms with Crippen molar-refractivity contribution in [3.8, 4) is 6.07 Å². The molecule has 4 heteroatoms. The predicted octanol–water partition coefficient (Wildman–Crippen LogP) is 4.25. The molecule has 0 radical (unpaired) electrons. The smallest absolute Gasteiger partial charge is 0.244 e. The molecule has 100 valence electrons. The van der Waals surface area contributed by atoms with E-state index in [1.807, 2.05) is 24.3 Å². The second-order valence-electron chi connectivity index (χ2n) is 5.07. The molecule has 1 N–H and O–H groups in total. The molecule has 1 aliphatic rings. The zero-order chi connectivity index (χ0) is 13.7. The highest BCUT2D eigenvalue weighted by atomic mass is 79.9. The number of halogens is 1. The molecule has 3 nitrogen and oxygen atoms in total. The number of anilines is 1. The molecule has 0 atom stereocenters. The molecule has 0 aliphatic heterocycles. The average molecular weight is 321 g/mol. The van der Waals surface area contributed by atoms with Gasteiger partial charge in [-0.1, -0.05) is 41.6 Å². The number of rotatable bonds is 2. The highest BCUT2D eigenvalue weighted by molar-refractivity contribution is 9.10. The van der Waals surface area contributed by atoms with Crippen molar-refractivity contribution in [1.29, 1.82) is 5.26 Å². The minimum absolute atomic E-state index is 0.153. The molecule has 1 aromatic rings. The predicted molar refractivity (Wildman–Crippen MR) is 78.5 cm³/mol. The van der Waals surface area contributed by atoms with Crippen LogP contribution in [0.2, 0.25) is 0 Å². The van der Waals surface area contributed by atoms with Crippen LogP contribution in [0.4, 0.5) is 5.69 Å². The van der Waals surface area contributed by atoms with Gasteiger partial charge in [0.25, 0.3) is 0 Å². The summed E-state index contributed by atoms with van der Waals surface area (Å²) in [6.07, 6.45) is 5.50. The van der Waals surface area contributed by atoms with Crippen molar-refractivity contribution in [2.45, 2.75) is 38.5 Å². The summed E-state index contributed by atoms with van der Waals surface area (Å²) in [7, 11) is 0. The fourth-order valence-electron chi connectivity index (χ4n) is 2.51. The number of benzene rings is 1. The van der Waals surface area contributed by atoms with Crippen molar-refractivity contribution in [3.63, 3.8) is 0 Å². The molecule has 19 heavy (non-hydrogen) atoms. The number of amides is 1. The van der Waals surface area contributed by atoms with Gasteiger partial charge in [-0.05, 0) is 37.1 Å². The number of nitrogens with zero attached hydrogens (tertiary/aromatic N) is 1. The number of nitrogens with one attached hydrogen (secondary N) is 1. The van der Waals surface area contributed by atoms with Crippen LogP contribution in [0, 0.1) is 16.7 Å². The quantitative estimate of drug-likeness (QED) is 0.828. The van der Waals surface area contributed by atoms with Gasteiger partial charge < -0.3 is 5.32 Å². The SMILES string of the molecule is N#CC1(C(=O)Nc2ccc(Br)cc2)CCCCCC1. The van der Waals surface area contributed by atoms with Gasteiger partial charge in [-0.15, -0.1) is 0 Å². The molecule has 2 rings (SSSR count). The molecule has 1 fully saturated rings. The van der Waals surface area contributed by atoms with Crippen molar-refractivity contribution < 1.29 is 4.79 Å². The van der Waals surface area contributed by atoms with E-state index in [2.05, 4.69) is 27.3 Å². The third kappa shape index (κ3) is 3.36. The normalized spacial score (nSPS) is 18.1. The van der Waals surface area contributed by atoms with E-state index >= 15 is 0 Å². The first-order chi connectivity index (χ1) is 9.16. The van der Waals surface area contributed by atoms with E-state index in [1.54, 1.807) is 0 Å². The Bertz CT molecular complexity index is 482. The average Bonchev–Trinajstić information content (AvgIpc) is 2.67. The van der Waals surface area contributed by atoms with Crippen LogP contribution in [0.5, 0.6) is 0 Å². The molecular formula is C15H17BrN2O. The Morgan fingerprint density at radius 1 is 1.16 bits per heavy atom. The lowest BCUT2D eigenvalue weighted by atomic mass is 9.81. The molecular weight excluding hydrogens is 304 g/mol. The van der Waals surface area contributed by atoms with E-state index < -0.39 is 5.41 Å². The zero-order valence-corrected chi connectivity index (χ0v) is 12.4. The summed E-state index contributed by atoms with van der Waals surface area (Å²) < 4.78 is 0.968. The maximum absolute atomic E-state index is 12.4. The Balaban J connectivity index is 2.12. The molecule has 0 aromatic heterocycles. The molecule has 0 bridgehead atoms. The van der Waals surface area contributed by atoms with Crippen molar-refractivity contribution >= 4 is 27.5 Å². The second-order valence-corrected chi connectivity index (χ2v) is 5.98. The van der Waals surface area contributed by atoms with Crippen LogP contribution < -0.4 is 5.32 Å². The fraction of sp³-hybridized carbons (Fsp3) is 0.467. The molecule has 0 heterocycles. The Morgan fingerprint density at radius 2 is 1.74 bits per heavy atom. The van der Waals surface area contributed by atoms with Gasteiger partial charge in [0.05, 0.1) is 6.07 Å². The highest BCUT2D eigenvalue weighted by Gasteiger charge is 2.38. The lowest BCUT2D eigenvalue weighted by Crippen LogP contribution is -2.34. The van der Waals surface area contributed by atoms with Gasteiger partial charge >= 0.3 is 0 Å². The van der Waals surface area contributed by atoms with Crippen molar-refractivity contribution in [1.82, 2.24) is 0 Å². The van der Waals surface area contributed by atoms with Crippen LogP contribution >= 0.6 is 15.9 Å². The molecule has 1 aromatic carbocycles. The van der Waals surface area contributed by atoms with Crippen molar-refractivity contribution in [3.05, 3.63) is 28.7 Å². The number of carbonyl (C=O) groups excluding carboxylic acids is 1. The van der Waals surface area contributed by atoms with E-state index in [0.29, 0.717) is 12.8 Å². The van der Waals surface area contributed by atoms with Gasteiger partial charge in [0.2, 0.25) is 5.91 Å². The monoisotopic (exact) mass is 320 g/mol. The maximum Gasteiger partial charge on any atom is 0.244 e. The molecule has 1 aliphatic carbocycles. The zero-order valence-electron chi connectivity index (χ0n) is 10.8. The van der Waals surface area contributed by atoms with E-state index in [0.717, 1.165) is 35.8 Å². The van der Waals surface area contributed by atoms with Gasteiger partial charge in [0.1, 0.15) is 5.41 Å². The van der Waals surface area contributed by atoms with E-state index in [9.17, 15) is 10.1 Å². The summed E-state index contributed by atoms with van der Waals surface area (Å²) in [5.74, 6) is -0.153. The van der Waals surface area contributed by atoms with E-state index in [1.165, 1.54) is 0 Å². The van der Waals surface area contributed by atoms with Crippen LogP contribution in [0.3, 0.4) is 0 Å². The van der Waals surface area contributed by atoms with E-state index in [4.69, 9.17) is 0 Å². The first kappa shape index (κ1) is 14.1. The minimum Gasteiger partial charge on any atom is -0.325 e. The molecule has 0 saturated heterocycles. The largest absolute Gasteiger partial charge is 0.325 e. The third-order valence-corrected chi connectivity index (χ3v) is 4.24. The van der Waals surface area contributed by atoms with Crippen LogP contribution in [-0.2, 0) is 4.79 Å². The Kier molecular flexibility index (Phi) is 4.60. The molecule has 1 amide bonds. The topological polar surface area (TPSA) is 52.9 Å². The van der Waals surface area contributed by atoms with Crippen molar-refractivity contribution in [2.24, 2.45) is 5.41 Å². The summed E-state index contributed by atoms with van der Waals surface area (Å²) in [5.41, 5.74) is -0.101. The van der Waals surface area contributed by atoms with Gasteiger partial charge in [-0.25, -0.2) is 0 Å². The Morgan fingerprint density at radius 3 is 2.26 bits per heavy atom. The highest BCUT2D eigenvalue weighted by Crippen LogP contribution is 2.35. The molecule has 0 unspecified atom stereocenters. The van der Waals surface area contributed by atoms with Crippen LogP contribution in [0.15, 0.2) is 28.7 Å². The summed E-state index contributed by atoms with van der Waals surface area (Å²) in [6, 6.07) is 9.70. The van der Waals surface area contributed by atoms with Crippen LogP contribution in [-0.4, -0.2) is 5.91 Å². The first-order valence-corrected chi connectivity index (χ1v) is 7.44. The standard InChI is InChI=1S/C15H17BrN2O/c16-12-5-7-13(8-6-12)18-14(19)15(11-17)9-3-1-2-4-10-15/h5-8H,1-4,9-10H2,(H,18,19). The second kappa shape index (κ2) is 6.21. The summed E-state index contributed by atoms with van der Waals surface area (Å²) in [5, 5.41) is 12.3. The summed E-state index contributed by atoms with van der Waals surface area (Å²) in [4.78, 5) is 12.4. The van der Waals surface area contributed by atoms with Gasteiger partial charge in [0, 0.05) is 10.2 Å². The maximum atomic E-state index is 12.4.